The lowest BCUT2D eigenvalue weighted by Gasteiger charge is -2.24. The van der Waals surface area contributed by atoms with Crippen molar-refractivity contribution in [3.8, 4) is 0 Å². The number of amides is 3. The van der Waals surface area contributed by atoms with Gasteiger partial charge in [0, 0.05) is 10.6 Å². The Morgan fingerprint density at radius 3 is 2.33 bits per heavy atom. The van der Waals surface area contributed by atoms with E-state index in [0.29, 0.717) is 30.1 Å². The number of benzene rings is 2. The largest absolute Gasteiger partial charge is 0.481 e. The summed E-state index contributed by atoms with van der Waals surface area (Å²) in [6.07, 6.45) is 4.38. The molecule has 10 heteroatoms. The molecule has 0 spiro atoms. The third-order valence-corrected chi connectivity index (χ3v) is 7.05. The Kier molecular flexibility index (Phi) is 7.84. The van der Waals surface area contributed by atoms with E-state index in [1.54, 1.807) is 49.4 Å². The second kappa shape index (κ2) is 11.2. The fourth-order valence-corrected chi connectivity index (χ4v) is 4.87. The normalized spacial score (nSPS) is 20.0. The van der Waals surface area contributed by atoms with Crippen molar-refractivity contribution in [2.75, 3.05) is 10.3 Å². The van der Waals surface area contributed by atoms with E-state index in [1.165, 1.54) is 16.8 Å². The van der Waals surface area contributed by atoms with Gasteiger partial charge in [-0.2, -0.15) is 10.1 Å². The van der Waals surface area contributed by atoms with E-state index in [2.05, 4.69) is 15.7 Å². The molecule has 3 atom stereocenters. The average molecular weight is 507 g/mol. The molecular weight excluding hydrogens is 480 g/mol. The third kappa shape index (κ3) is 6.01. The Hall–Kier alpha value is -3.92. The molecule has 3 amide bonds. The summed E-state index contributed by atoms with van der Waals surface area (Å²) in [5, 5.41) is 20.0. The first kappa shape index (κ1) is 25.2. The molecule has 9 nitrogen and oxygen atoms in total. The number of anilines is 2. The van der Waals surface area contributed by atoms with Crippen LogP contribution in [0.3, 0.4) is 0 Å². The number of thioether (sulfide) groups is 1. The van der Waals surface area contributed by atoms with Gasteiger partial charge in [0.15, 0.2) is 0 Å². The number of hydrogen-bond donors (Lipinski definition) is 3. The lowest BCUT2D eigenvalue weighted by Crippen LogP contribution is -2.35. The van der Waals surface area contributed by atoms with Gasteiger partial charge in [-0.15, -0.1) is 11.8 Å². The predicted octanol–water partition coefficient (Wildman–Crippen LogP) is 3.64. The number of nitrogens with zero attached hydrogens (tertiary/aromatic N) is 2. The molecule has 2 aromatic rings. The van der Waals surface area contributed by atoms with Gasteiger partial charge in [0.05, 0.1) is 29.2 Å². The van der Waals surface area contributed by atoms with Crippen LogP contribution in [0.2, 0.25) is 0 Å². The first-order valence-electron chi connectivity index (χ1n) is 11.5. The van der Waals surface area contributed by atoms with Crippen molar-refractivity contribution >= 4 is 52.7 Å². The lowest BCUT2D eigenvalue weighted by atomic mass is 9.82. The number of rotatable bonds is 7. The molecule has 1 heterocycles. The SMILES string of the molecule is CC(Sc1ccc(NC(=O)C2CC=CCC2C(=O)O)cc1)C(=O)NC1=NN(c2ccccc2)C(=O)C1. The monoisotopic (exact) mass is 506 g/mol. The standard InChI is InChI=1S/C26H26N4O5S/c1-16(24(32)28-22-15-23(31)30(29-22)18-7-3-2-4-8-18)36-19-13-11-17(12-14-19)27-25(33)20-9-5-6-10-21(20)26(34)35/h2-8,11-14,16,20-21H,9-10,15H2,1H3,(H,27,33)(H,34,35)(H,28,29,32). The number of hydrazone groups is 1. The number of para-hydroxylation sites is 1. The Labute approximate surface area is 212 Å². The Morgan fingerprint density at radius 1 is 1.00 bits per heavy atom. The van der Waals surface area contributed by atoms with Crippen LogP contribution in [0.25, 0.3) is 0 Å². The number of nitrogens with one attached hydrogen (secondary N) is 2. The summed E-state index contributed by atoms with van der Waals surface area (Å²) in [6, 6.07) is 16.0. The fraction of sp³-hybridized carbons (Fsp3) is 0.269. The molecule has 4 rings (SSSR count). The highest BCUT2D eigenvalue weighted by Crippen LogP contribution is 2.29. The third-order valence-electron chi connectivity index (χ3n) is 5.93. The summed E-state index contributed by atoms with van der Waals surface area (Å²) < 4.78 is 0. The molecule has 0 aromatic heterocycles. The summed E-state index contributed by atoms with van der Waals surface area (Å²) in [6.45, 7) is 1.75. The van der Waals surface area contributed by atoms with Crippen molar-refractivity contribution in [3.05, 3.63) is 66.7 Å². The number of carbonyl (C=O) groups excluding carboxylic acids is 3. The molecule has 2 aromatic carbocycles. The first-order chi connectivity index (χ1) is 17.3. The molecule has 2 aliphatic rings. The molecule has 0 saturated heterocycles. The minimum Gasteiger partial charge on any atom is -0.481 e. The lowest BCUT2D eigenvalue weighted by molar-refractivity contribution is -0.146. The maximum Gasteiger partial charge on any atom is 0.307 e. The van der Waals surface area contributed by atoms with Crippen molar-refractivity contribution in [1.82, 2.24) is 5.32 Å². The number of carboxylic acid groups (broad SMARTS) is 1. The summed E-state index contributed by atoms with van der Waals surface area (Å²) in [5.74, 6) is -2.83. The molecule has 3 N–H and O–H groups in total. The molecule has 0 saturated carbocycles. The fourth-order valence-electron chi connectivity index (χ4n) is 4.00. The van der Waals surface area contributed by atoms with Gasteiger partial charge in [-0.3, -0.25) is 19.2 Å². The molecule has 1 aliphatic heterocycles. The average Bonchev–Trinajstić information content (AvgIpc) is 3.25. The molecule has 0 fully saturated rings. The van der Waals surface area contributed by atoms with Crippen molar-refractivity contribution < 1.29 is 24.3 Å². The number of carboxylic acids is 1. The predicted molar refractivity (Wildman–Crippen MR) is 138 cm³/mol. The van der Waals surface area contributed by atoms with Crippen molar-refractivity contribution in [2.24, 2.45) is 16.9 Å². The molecule has 0 radical (unpaired) electrons. The van der Waals surface area contributed by atoms with E-state index in [0.717, 1.165) is 4.90 Å². The number of hydrogen-bond acceptors (Lipinski definition) is 6. The van der Waals surface area contributed by atoms with Crippen LogP contribution in [-0.2, 0) is 19.2 Å². The van der Waals surface area contributed by atoms with Crippen LogP contribution in [0.15, 0.2) is 76.7 Å². The molecule has 36 heavy (non-hydrogen) atoms. The zero-order chi connectivity index (χ0) is 25.7. The van der Waals surface area contributed by atoms with Gasteiger partial charge in [0.25, 0.3) is 5.91 Å². The van der Waals surface area contributed by atoms with Crippen LogP contribution < -0.4 is 15.6 Å². The minimum atomic E-state index is -0.973. The van der Waals surface area contributed by atoms with Crippen LogP contribution in [0.5, 0.6) is 0 Å². The zero-order valence-electron chi connectivity index (χ0n) is 19.6. The summed E-state index contributed by atoms with van der Waals surface area (Å²) in [5.41, 5.74) is 1.19. The Bertz CT molecular complexity index is 1210. The number of allylic oxidation sites excluding steroid dienone is 2. The van der Waals surface area contributed by atoms with E-state index in [4.69, 9.17) is 0 Å². The number of aliphatic carboxylic acids is 1. The summed E-state index contributed by atoms with van der Waals surface area (Å²) >= 11 is 1.33. The number of carbonyl (C=O) groups is 4. The van der Waals surface area contributed by atoms with Gasteiger partial charge in [0.1, 0.15) is 5.84 Å². The Balaban J connectivity index is 1.31. The highest BCUT2D eigenvalue weighted by atomic mass is 32.2. The van der Waals surface area contributed by atoms with E-state index < -0.39 is 23.1 Å². The quantitative estimate of drug-likeness (QED) is 0.389. The molecule has 186 valence electrons. The van der Waals surface area contributed by atoms with E-state index in [1.807, 2.05) is 24.3 Å². The van der Waals surface area contributed by atoms with Crippen LogP contribution in [0.1, 0.15) is 26.2 Å². The van der Waals surface area contributed by atoms with E-state index in [-0.39, 0.29) is 24.1 Å². The van der Waals surface area contributed by atoms with Crippen LogP contribution >= 0.6 is 11.8 Å². The Morgan fingerprint density at radius 2 is 1.67 bits per heavy atom. The highest BCUT2D eigenvalue weighted by molar-refractivity contribution is 8.00. The summed E-state index contributed by atoms with van der Waals surface area (Å²) in [4.78, 5) is 49.9. The second-order valence-electron chi connectivity index (χ2n) is 8.52. The van der Waals surface area contributed by atoms with Gasteiger partial charge in [-0.25, -0.2) is 0 Å². The molecule has 1 aliphatic carbocycles. The van der Waals surface area contributed by atoms with Gasteiger partial charge in [-0.05, 0) is 56.2 Å². The van der Waals surface area contributed by atoms with Crippen molar-refractivity contribution in [2.45, 2.75) is 36.3 Å². The van der Waals surface area contributed by atoms with Crippen molar-refractivity contribution in [3.63, 3.8) is 0 Å². The van der Waals surface area contributed by atoms with Crippen LogP contribution in [0.4, 0.5) is 11.4 Å². The topological polar surface area (TPSA) is 128 Å². The van der Waals surface area contributed by atoms with E-state index >= 15 is 0 Å². The van der Waals surface area contributed by atoms with Crippen LogP contribution in [-0.4, -0.2) is 39.9 Å². The van der Waals surface area contributed by atoms with Crippen LogP contribution in [0, 0.1) is 11.8 Å². The smallest absolute Gasteiger partial charge is 0.307 e. The highest BCUT2D eigenvalue weighted by Gasteiger charge is 2.34. The maximum absolute atomic E-state index is 12.7. The van der Waals surface area contributed by atoms with E-state index in [9.17, 15) is 24.3 Å². The molecule has 0 bridgehead atoms. The summed E-state index contributed by atoms with van der Waals surface area (Å²) in [7, 11) is 0. The van der Waals surface area contributed by atoms with Gasteiger partial charge < -0.3 is 15.7 Å². The minimum absolute atomic E-state index is 0.0198. The second-order valence-corrected chi connectivity index (χ2v) is 9.94. The van der Waals surface area contributed by atoms with Gasteiger partial charge in [-0.1, -0.05) is 30.4 Å². The maximum atomic E-state index is 12.7. The number of amidine groups is 1. The zero-order valence-corrected chi connectivity index (χ0v) is 20.4. The van der Waals surface area contributed by atoms with Crippen molar-refractivity contribution in [1.29, 1.82) is 0 Å². The molecule has 3 unspecified atom stereocenters. The molecular formula is C26H26N4O5S. The van der Waals surface area contributed by atoms with Gasteiger partial charge in [0.2, 0.25) is 11.8 Å². The van der Waals surface area contributed by atoms with Gasteiger partial charge >= 0.3 is 5.97 Å². The first-order valence-corrected chi connectivity index (χ1v) is 12.4.